The third-order valence-electron chi connectivity index (χ3n) is 4.18. The van der Waals surface area contributed by atoms with Crippen LogP contribution in [0.15, 0.2) is 59.5 Å². The first kappa shape index (κ1) is 18.1. The number of hydrogen-bond donors (Lipinski definition) is 2. The summed E-state index contributed by atoms with van der Waals surface area (Å²) < 4.78 is 1.21. The number of aryl methyl sites for hydroxylation is 1. The number of benzene rings is 2. The highest BCUT2D eigenvalue weighted by Crippen LogP contribution is 2.28. The predicted octanol–water partition coefficient (Wildman–Crippen LogP) is 3.64. The van der Waals surface area contributed by atoms with Crippen molar-refractivity contribution in [3.05, 3.63) is 81.8 Å². The van der Waals surface area contributed by atoms with Gasteiger partial charge in [-0.2, -0.15) is 5.10 Å². The van der Waals surface area contributed by atoms with Crippen LogP contribution in [0.5, 0.6) is 5.75 Å². The Morgan fingerprint density at radius 2 is 1.93 bits per heavy atom. The van der Waals surface area contributed by atoms with Crippen molar-refractivity contribution >= 4 is 12.0 Å². The fourth-order valence-corrected chi connectivity index (χ4v) is 2.87. The van der Waals surface area contributed by atoms with Crippen LogP contribution in [0.25, 0.3) is 22.9 Å². The predicted molar refractivity (Wildman–Crippen MR) is 103 cm³/mol. The second-order valence-corrected chi connectivity index (χ2v) is 6.03. The van der Waals surface area contributed by atoms with E-state index in [0.29, 0.717) is 5.69 Å². The number of aromatic carboxylic acids is 1. The lowest BCUT2D eigenvalue weighted by atomic mass is 9.98. The van der Waals surface area contributed by atoms with E-state index in [-0.39, 0.29) is 0 Å². The van der Waals surface area contributed by atoms with Gasteiger partial charge >= 0.3 is 5.97 Å². The minimum atomic E-state index is -1.49. The number of hydrogen-bond acceptors (Lipinski definition) is 4. The lowest BCUT2D eigenvalue weighted by molar-refractivity contribution is 0.0686. The van der Waals surface area contributed by atoms with E-state index in [0.717, 1.165) is 28.5 Å². The second kappa shape index (κ2) is 7.29. The number of carboxylic acids is 1. The molecule has 0 saturated carbocycles. The van der Waals surface area contributed by atoms with E-state index in [1.807, 2.05) is 56.3 Å². The van der Waals surface area contributed by atoms with Crippen LogP contribution in [0.3, 0.4) is 0 Å². The lowest BCUT2D eigenvalue weighted by Gasteiger charge is -2.13. The standard InChI is InChI=1S/C21H18N2O4/c1-3-6-14-9-10-15(11-13(14)2)16-7-4-5-8-17(16)23-12-18(24)20(25)19(22-23)21(26)27/h3-12,24H,1-2H3,(H,26,27)/b6-3-. The molecule has 0 bridgehead atoms. The van der Waals surface area contributed by atoms with Crippen molar-refractivity contribution in [3.63, 3.8) is 0 Å². The van der Waals surface area contributed by atoms with Crippen molar-refractivity contribution in [1.82, 2.24) is 9.78 Å². The average Bonchev–Trinajstić information content (AvgIpc) is 2.65. The van der Waals surface area contributed by atoms with E-state index in [4.69, 9.17) is 0 Å². The number of allylic oxidation sites excluding steroid dienone is 1. The summed E-state index contributed by atoms with van der Waals surface area (Å²) in [7, 11) is 0. The highest BCUT2D eigenvalue weighted by molar-refractivity contribution is 5.85. The van der Waals surface area contributed by atoms with Gasteiger partial charge in [0.05, 0.1) is 11.9 Å². The van der Waals surface area contributed by atoms with Crippen LogP contribution < -0.4 is 5.43 Å². The summed E-state index contributed by atoms with van der Waals surface area (Å²) in [6.07, 6.45) is 5.11. The zero-order valence-corrected chi connectivity index (χ0v) is 14.9. The zero-order valence-electron chi connectivity index (χ0n) is 14.9. The lowest BCUT2D eigenvalue weighted by Crippen LogP contribution is -2.21. The molecule has 1 heterocycles. The van der Waals surface area contributed by atoms with Crippen molar-refractivity contribution < 1.29 is 15.0 Å². The Morgan fingerprint density at radius 1 is 1.19 bits per heavy atom. The SMILES string of the molecule is C/C=C\c1ccc(-c2ccccc2-n2cc(O)c(=O)c(C(=O)O)n2)cc1C. The number of carbonyl (C=O) groups is 1. The molecule has 0 saturated heterocycles. The van der Waals surface area contributed by atoms with Crippen LogP contribution in [-0.4, -0.2) is 26.0 Å². The topological polar surface area (TPSA) is 92.4 Å². The monoisotopic (exact) mass is 362 g/mol. The molecule has 0 fully saturated rings. The summed E-state index contributed by atoms with van der Waals surface area (Å²) in [5.74, 6) is -2.16. The first-order valence-corrected chi connectivity index (χ1v) is 8.31. The molecule has 2 aromatic carbocycles. The Morgan fingerprint density at radius 3 is 2.59 bits per heavy atom. The molecule has 2 N–H and O–H groups in total. The van der Waals surface area contributed by atoms with Gasteiger partial charge in [0.1, 0.15) is 0 Å². The van der Waals surface area contributed by atoms with Gasteiger partial charge in [0.15, 0.2) is 5.75 Å². The van der Waals surface area contributed by atoms with E-state index in [2.05, 4.69) is 5.10 Å². The number of aromatic nitrogens is 2. The zero-order chi connectivity index (χ0) is 19.6. The van der Waals surface area contributed by atoms with Gasteiger partial charge in [-0.1, -0.05) is 48.6 Å². The van der Waals surface area contributed by atoms with Crippen LogP contribution in [0.1, 0.15) is 28.5 Å². The maximum absolute atomic E-state index is 11.8. The van der Waals surface area contributed by atoms with Crippen LogP contribution in [0, 0.1) is 6.92 Å². The number of rotatable bonds is 4. The van der Waals surface area contributed by atoms with Crippen molar-refractivity contribution in [2.24, 2.45) is 0 Å². The number of carboxylic acid groups (broad SMARTS) is 1. The van der Waals surface area contributed by atoms with Crippen molar-refractivity contribution in [3.8, 4) is 22.6 Å². The van der Waals surface area contributed by atoms with E-state index < -0.39 is 22.8 Å². The Balaban J connectivity index is 2.20. The van der Waals surface area contributed by atoms with Gasteiger partial charge in [0, 0.05) is 5.56 Å². The van der Waals surface area contributed by atoms with Crippen LogP contribution in [0.4, 0.5) is 0 Å². The van der Waals surface area contributed by atoms with Crippen LogP contribution in [-0.2, 0) is 0 Å². The fourth-order valence-electron chi connectivity index (χ4n) is 2.87. The van der Waals surface area contributed by atoms with E-state index >= 15 is 0 Å². The number of para-hydroxylation sites is 1. The molecule has 0 unspecified atom stereocenters. The van der Waals surface area contributed by atoms with E-state index in [1.54, 1.807) is 12.1 Å². The molecule has 0 aliphatic heterocycles. The second-order valence-electron chi connectivity index (χ2n) is 6.03. The number of aromatic hydroxyl groups is 1. The fraction of sp³-hybridized carbons (Fsp3) is 0.0952. The van der Waals surface area contributed by atoms with E-state index in [1.165, 1.54) is 4.68 Å². The van der Waals surface area contributed by atoms with Gasteiger partial charge in [-0.3, -0.25) is 4.79 Å². The Bertz CT molecular complexity index is 1110. The minimum Gasteiger partial charge on any atom is -0.503 e. The summed E-state index contributed by atoms with van der Waals surface area (Å²) >= 11 is 0. The summed E-state index contributed by atoms with van der Waals surface area (Å²) in [5.41, 5.74) is 2.70. The van der Waals surface area contributed by atoms with Gasteiger partial charge in [-0.25, -0.2) is 9.48 Å². The molecule has 6 nitrogen and oxygen atoms in total. The van der Waals surface area contributed by atoms with Crippen molar-refractivity contribution in [1.29, 1.82) is 0 Å². The molecule has 3 aromatic rings. The van der Waals surface area contributed by atoms with Gasteiger partial charge in [0.2, 0.25) is 5.69 Å². The maximum atomic E-state index is 11.8. The molecule has 0 aliphatic carbocycles. The van der Waals surface area contributed by atoms with Gasteiger partial charge in [-0.15, -0.1) is 0 Å². The molecule has 136 valence electrons. The van der Waals surface area contributed by atoms with Gasteiger partial charge < -0.3 is 10.2 Å². The molecule has 27 heavy (non-hydrogen) atoms. The summed E-state index contributed by atoms with van der Waals surface area (Å²) in [5, 5.41) is 22.9. The average molecular weight is 362 g/mol. The Labute approximate surface area is 155 Å². The van der Waals surface area contributed by atoms with Crippen molar-refractivity contribution in [2.45, 2.75) is 13.8 Å². The third kappa shape index (κ3) is 3.50. The first-order chi connectivity index (χ1) is 12.9. The van der Waals surface area contributed by atoms with Gasteiger partial charge in [0.25, 0.3) is 5.43 Å². The van der Waals surface area contributed by atoms with Crippen molar-refractivity contribution in [2.75, 3.05) is 0 Å². The third-order valence-corrected chi connectivity index (χ3v) is 4.18. The van der Waals surface area contributed by atoms with Crippen LogP contribution >= 0.6 is 0 Å². The number of nitrogens with zero attached hydrogens (tertiary/aromatic N) is 2. The molecule has 0 aliphatic rings. The quantitative estimate of drug-likeness (QED) is 0.739. The molecular weight excluding hydrogens is 344 g/mol. The Kier molecular flexibility index (Phi) is 4.90. The molecule has 3 rings (SSSR count). The molecular formula is C21H18N2O4. The Hall–Kier alpha value is -3.67. The molecule has 0 atom stereocenters. The van der Waals surface area contributed by atoms with E-state index in [9.17, 15) is 19.8 Å². The normalized spacial score (nSPS) is 11.0. The largest absolute Gasteiger partial charge is 0.503 e. The van der Waals surface area contributed by atoms with Crippen LogP contribution in [0.2, 0.25) is 0 Å². The molecule has 0 spiro atoms. The molecule has 1 aromatic heterocycles. The first-order valence-electron chi connectivity index (χ1n) is 8.31. The molecule has 0 amide bonds. The minimum absolute atomic E-state index is 0.550. The summed E-state index contributed by atoms with van der Waals surface area (Å²) in [4.78, 5) is 23.0. The summed E-state index contributed by atoms with van der Waals surface area (Å²) in [6, 6.07) is 13.2. The molecule has 6 heteroatoms. The maximum Gasteiger partial charge on any atom is 0.360 e. The highest BCUT2D eigenvalue weighted by Gasteiger charge is 2.17. The van der Waals surface area contributed by atoms with Gasteiger partial charge in [-0.05, 0) is 36.6 Å². The highest BCUT2D eigenvalue weighted by atomic mass is 16.4. The smallest absolute Gasteiger partial charge is 0.360 e. The molecule has 0 radical (unpaired) electrons. The summed E-state index contributed by atoms with van der Waals surface area (Å²) in [6.45, 7) is 3.96.